The number of aromatic nitrogens is 2. The summed E-state index contributed by atoms with van der Waals surface area (Å²) in [6.07, 6.45) is 1.47. The average Bonchev–Trinajstić information content (AvgIpc) is 2.70. The molecular weight excluding hydrogens is 242 g/mol. The van der Waals surface area contributed by atoms with E-state index in [-0.39, 0.29) is 16.8 Å². The molecule has 0 amide bonds. The third-order valence-corrected chi connectivity index (χ3v) is 2.43. The van der Waals surface area contributed by atoms with Crippen LogP contribution in [0.1, 0.15) is 10.5 Å². The van der Waals surface area contributed by atoms with Crippen LogP contribution in [0.2, 0.25) is 0 Å². The summed E-state index contributed by atoms with van der Waals surface area (Å²) in [4.78, 5) is 11.5. The summed E-state index contributed by atoms with van der Waals surface area (Å²) in [5.41, 5.74) is 0.359. The van der Waals surface area contributed by atoms with Gasteiger partial charge in [-0.05, 0) is 12.1 Å². The maximum absolute atomic E-state index is 13.7. The van der Waals surface area contributed by atoms with Gasteiger partial charge >= 0.3 is 5.97 Å². The number of nitrogens with zero attached hydrogens (tertiary/aromatic N) is 2. The normalized spacial score (nSPS) is 10.4. The molecule has 2 aromatic rings. The lowest BCUT2D eigenvalue weighted by atomic mass is 10.1. The molecule has 0 aliphatic rings. The molecule has 0 aliphatic carbocycles. The van der Waals surface area contributed by atoms with Gasteiger partial charge in [-0.25, -0.2) is 13.6 Å². The number of esters is 1. The van der Waals surface area contributed by atoms with E-state index in [1.54, 1.807) is 7.05 Å². The molecule has 0 saturated heterocycles. The van der Waals surface area contributed by atoms with Crippen molar-refractivity contribution in [1.29, 1.82) is 0 Å². The molecule has 0 unspecified atom stereocenters. The van der Waals surface area contributed by atoms with Crippen LogP contribution in [0.15, 0.2) is 24.4 Å². The van der Waals surface area contributed by atoms with Crippen molar-refractivity contribution in [3.63, 3.8) is 0 Å². The van der Waals surface area contributed by atoms with Crippen LogP contribution in [0.25, 0.3) is 11.1 Å². The molecule has 1 aromatic carbocycles. The van der Waals surface area contributed by atoms with Gasteiger partial charge in [-0.1, -0.05) is 0 Å². The van der Waals surface area contributed by atoms with E-state index in [9.17, 15) is 13.6 Å². The average molecular weight is 252 g/mol. The molecule has 6 heteroatoms. The Bertz CT molecular complexity index is 608. The maximum Gasteiger partial charge on any atom is 0.359 e. The standard InChI is InChI=1S/C12H10F2N2O2/c1-16-6-9(11(15-16)12(17)18-2)8-4-3-7(13)5-10(8)14/h3-6H,1-2H3. The number of rotatable bonds is 2. The Hall–Kier alpha value is -2.24. The molecule has 0 N–H and O–H groups in total. The van der Waals surface area contributed by atoms with Crippen molar-refractivity contribution < 1.29 is 18.3 Å². The lowest BCUT2D eigenvalue weighted by Crippen LogP contribution is -2.05. The lowest BCUT2D eigenvalue weighted by Gasteiger charge is -2.02. The van der Waals surface area contributed by atoms with Gasteiger partial charge in [0.05, 0.1) is 7.11 Å². The second-order valence-corrected chi connectivity index (χ2v) is 3.68. The predicted octanol–water partition coefficient (Wildman–Crippen LogP) is 2.15. The third kappa shape index (κ3) is 2.09. The molecule has 0 saturated carbocycles. The number of carbonyl (C=O) groups excluding carboxylic acids is 1. The van der Waals surface area contributed by atoms with Gasteiger partial charge in [-0.2, -0.15) is 5.10 Å². The molecular formula is C12H10F2N2O2. The number of hydrogen-bond donors (Lipinski definition) is 0. The quantitative estimate of drug-likeness (QED) is 0.769. The highest BCUT2D eigenvalue weighted by atomic mass is 19.1. The van der Waals surface area contributed by atoms with E-state index in [2.05, 4.69) is 9.84 Å². The van der Waals surface area contributed by atoms with E-state index in [1.165, 1.54) is 24.1 Å². The van der Waals surface area contributed by atoms with Gasteiger partial charge in [0.1, 0.15) is 11.6 Å². The smallest absolute Gasteiger partial charge is 0.359 e. The lowest BCUT2D eigenvalue weighted by molar-refractivity contribution is 0.0594. The molecule has 2 rings (SSSR count). The zero-order chi connectivity index (χ0) is 13.3. The largest absolute Gasteiger partial charge is 0.464 e. The summed E-state index contributed by atoms with van der Waals surface area (Å²) in [6, 6.07) is 3.13. The summed E-state index contributed by atoms with van der Waals surface area (Å²) in [6.45, 7) is 0. The highest BCUT2D eigenvalue weighted by Crippen LogP contribution is 2.26. The van der Waals surface area contributed by atoms with Crippen LogP contribution in [0.5, 0.6) is 0 Å². The van der Waals surface area contributed by atoms with Crippen LogP contribution >= 0.6 is 0 Å². The number of hydrogen-bond acceptors (Lipinski definition) is 3. The van der Waals surface area contributed by atoms with E-state index in [0.29, 0.717) is 0 Å². The van der Waals surface area contributed by atoms with Gasteiger partial charge in [0, 0.05) is 30.4 Å². The van der Waals surface area contributed by atoms with Crippen LogP contribution in [-0.2, 0) is 11.8 Å². The molecule has 94 valence electrons. The monoisotopic (exact) mass is 252 g/mol. The van der Waals surface area contributed by atoms with Crippen LogP contribution in [0.4, 0.5) is 8.78 Å². The number of benzene rings is 1. The van der Waals surface area contributed by atoms with Gasteiger partial charge in [0.25, 0.3) is 0 Å². The highest BCUT2D eigenvalue weighted by molar-refractivity contribution is 5.95. The summed E-state index contributed by atoms with van der Waals surface area (Å²) in [5.74, 6) is -2.11. The first kappa shape index (κ1) is 12.2. The Morgan fingerprint density at radius 1 is 1.33 bits per heavy atom. The maximum atomic E-state index is 13.7. The molecule has 1 heterocycles. The van der Waals surface area contributed by atoms with Crippen molar-refractivity contribution >= 4 is 5.97 Å². The van der Waals surface area contributed by atoms with Gasteiger partial charge in [-0.3, -0.25) is 4.68 Å². The van der Waals surface area contributed by atoms with E-state index >= 15 is 0 Å². The Labute approximate surface area is 102 Å². The first-order valence-corrected chi connectivity index (χ1v) is 5.10. The molecule has 0 radical (unpaired) electrons. The Kier molecular flexibility index (Phi) is 3.10. The Balaban J connectivity index is 2.60. The Morgan fingerprint density at radius 2 is 2.06 bits per heavy atom. The topological polar surface area (TPSA) is 44.1 Å². The molecule has 0 fully saturated rings. The SMILES string of the molecule is COC(=O)c1nn(C)cc1-c1ccc(F)cc1F. The van der Waals surface area contributed by atoms with Crippen LogP contribution < -0.4 is 0 Å². The van der Waals surface area contributed by atoms with Crippen molar-refractivity contribution in [2.24, 2.45) is 7.05 Å². The molecule has 4 nitrogen and oxygen atoms in total. The van der Waals surface area contributed by atoms with Crippen molar-refractivity contribution in [1.82, 2.24) is 9.78 Å². The second-order valence-electron chi connectivity index (χ2n) is 3.68. The molecule has 0 aliphatic heterocycles. The zero-order valence-corrected chi connectivity index (χ0v) is 9.78. The molecule has 0 atom stereocenters. The minimum Gasteiger partial charge on any atom is -0.464 e. The molecule has 1 aromatic heterocycles. The van der Waals surface area contributed by atoms with Crippen LogP contribution in [0.3, 0.4) is 0 Å². The number of ether oxygens (including phenoxy) is 1. The van der Waals surface area contributed by atoms with Gasteiger partial charge in [-0.15, -0.1) is 0 Å². The third-order valence-electron chi connectivity index (χ3n) is 2.43. The van der Waals surface area contributed by atoms with E-state index in [0.717, 1.165) is 12.1 Å². The second kappa shape index (κ2) is 4.56. The highest BCUT2D eigenvalue weighted by Gasteiger charge is 2.20. The van der Waals surface area contributed by atoms with Crippen molar-refractivity contribution in [3.05, 3.63) is 41.7 Å². The number of methoxy groups -OCH3 is 1. The van der Waals surface area contributed by atoms with Crippen molar-refractivity contribution in [3.8, 4) is 11.1 Å². The first-order valence-electron chi connectivity index (χ1n) is 5.10. The first-order chi connectivity index (χ1) is 8.52. The van der Waals surface area contributed by atoms with E-state index in [4.69, 9.17) is 0 Å². The molecule has 0 bridgehead atoms. The summed E-state index contributed by atoms with van der Waals surface area (Å²) < 4.78 is 32.4. The van der Waals surface area contributed by atoms with Crippen molar-refractivity contribution in [2.45, 2.75) is 0 Å². The Morgan fingerprint density at radius 3 is 2.67 bits per heavy atom. The molecule has 0 spiro atoms. The summed E-state index contributed by atoms with van der Waals surface area (Å²) in [5, 5.41) is 3.90. The number of halogens is 2. The summed E-state index contributed by atoms with van der Waals surface area (Å²) in [7, 11) is 2.80. The van der Waals surface area contributed by atoms with Crippen molar-refractivity contribution in [2.75, 3.05) is 7.11 Å². The van der Waals surface area contributed by atoms with Crippen LogP contribution in [0, 0.1) is 11.6 Å². The predicted molar refractivity (Wildman–Crippen MR) is 59.9 cm³/mol. The number of aryl methyl sites for hydroxylation is 1. The number of carbonyl (C=O) groups is 1. The minimum atomic E-state index is -0.756. The van der Waals surface area contributed by atoms with Crippen LogP contribution in [-0.4, -0.2) is 22.9 Å². The summed E-state index contributed by atoms with van der Waals surface area (Å²) >= 11 is 0. The fourth-order valence-electron chi connectivity index (χ4n) is 1.64. The molecule has 18 heavy (non-hydrogen) atoms. The van der Waals surface area contributed by atoms with Gasteiger partial charge in [0.15, 0.2) is 5.69 Å². The fourth-order valence-corrected chi connectivity index (χ4v) is 1.64. The minimum absolute atomic E-state index is 0.00879. The van der Waals surface area contributed by atoms with Gasteiger partial charge < -0.3 is 4.74 Å². The fraction of sp³-hybridized carbons (Fsp3) is 0.167. The van der Waals surface area contributed by atoms with Gasteiger partial charge in [0.2, 0.25) is 0 Å². The van der Waals surface area contributed by atoms with E-state index in [1.807, 2.05) is 0 Å². The zero-order valence-electron chi connectivity index (χ0n) is 9.78. The van der Waals surface area contributed by atoms with E-state index < -0.39 is 17.6 Å².